The molecule has 0 spiro atoms. The van der Waals surface area contributed by atoms with E-state index in [2.05, 4.69) is 59.9 Å². The third kappa shape index (κ3) is 7.96. The van der Waals surface area contributed by atoms with Gasteiger partial charge in [-0.25, -0.2) is 4.79 Å². The van der Waals surface area contributed by atoms with Crippen LogP contribution < -0.4 is 15.6 Å². The molecule has 0 bridgehead atoms. The fourth-order valence-electron chi connectivity index (χ4n) is 5.02. The molecule has 7 nitrogen and oxygen atoms in total. The summed E-state index contributed by atoms with van der Waals surface area (Å²) >= 11 is 0. The molecule has 0 amide bonds. The van der Waals surface area contributed by atoms with Gasteiger partial charge in [0, 0.05) is 41.9 Å². The van der Waals surface area contributed by atoms with Crippen LogP contribution in [0.3, 0.4) is 0 Å². The molecule has 0 saturated heterocycles. The monoisotopic (exact) mass is 613 g/mol. The van der Waals surface area contributed by atoms with Gasteiger partial charge < -0.3 is 15.2 Å². The number of methoxy groups -OCH3 is 1. The van der Waals surface area contributed by atoms with E-state index in [0.717, 1.165) is 16.5 Å². The lowest BCUT2D eigenvalue weighted by molar-refractivity contribution is -0.192. The van der Waals surface area contributed by atoms with Crippen LogP contribution in [0.5, 0.6) is 5.75 Å². The van der Waals surface area contributed by atoms with Crippen molar-refractivity contribution in [2.45, 2.75) is 18.6 Å². The number of hydrogen-bond acceptors (Lipinski definition) is 5. The molecule has 10 heteroatoms. The zero-order chi connectivity index (χ0) is 32.4. The normalized spacial score (nSPS) is 11.0. The van der Waals surface area contributed by atoms with E-state index in [1.165, 1.54) is 11.1 Å². The van der Waals surface area contributed by atoms with Crippen molar-refractivity contribution in [3.05, 3.63) is 136 Å². The summed E-state index contributed by atoms with van der Waals surface area (Å²) in [7, 11) is 1.60. The number of ether oxygens (including phenoxy) is 1. The van der Waals surface area contributed by atoms with Gasteiger partial charge in [-0.3, -0.25) is 9.36 Å². The lowest BCUT2D eigenvalue weighted by atomic mass is 9.91. The van der Waals surface area contributed by atoms with Gasteiger partial charge >= 0.3 is 12.1 Å². The highest BCUT2D eigenvalue weighted by molar-refractivity contribution is 5.99. The number of fused-ring (bicyclic) bond motifs is 1. The van der Waals surface area contributed by atoms with Crippen LogP contribution in [-0.4, -0.2) is 42.0 Å². The predicted octanol–water partition coefficient (Wildman–Crippen LogP) is 6.60. The Hall–Kier alpha value is -5.40. The van der Waals surface area contributed by atoms with Crippen LogP contribution in [0, 0.1) is 11.3 Å². The molecule has 2 N–H and O–H groups in total. The third-order valence-corrected chi connectivity index (χ3v) is 7.15. The highest BCUT2D eigenvalue weighted by Crippen LogP contribution is 2.32. The van der Waals surface area contributed by atoms with Crippen LogP contribution in [0.2, 0.25) is 0 Å². The summed E-state index contributed by atoms with van der Waals surface area (Å²) < 4.78 is 38.8. The van der Waals surface area contributed by atoms with Gasteiger partial charge in [-0.2, -0.15) is 18.4 Å². The van der Waals surface area contributed by atoms with Crippen molar-refractivity contribution in [1.29, 1.82) is 5.26 Å². The lowest BCUT2D eigenvalue weighted by Gasteiger charge is -2.20. The van der Waals surface area contributed by atoms with Crippen molar-refractivity contribution in [1.82, 2.24) is 9.88 Å². The first kappa shape index (κ1) is 32.5. The number of aromatic nitrogens is 1. The number of pyridine rings is 1. The van der Waals surface area contributed by atoms with E-state index in [1.54, 1.807) is 23.8 Å². The predicted molar refractivity (Wildman–Crippen MR) is 166 cm³/mol. The summed E-state index contributed by atoms with van der Waals surface area (Å²) in [5, 5.41) is 22.2. The summed E-state index contributed by atoms with van der Waals surface area (Å²) in [6.45, 7) is 1.63. The molecule has 0 aliphatic carbocycles. The van der Waals surface area contributed by atoms with E-state index in [0.29, 0.717) is 36.5 Å². The van der Waals surface area contributed by atoms with Gasteiger partial charge in [0.1, 0.15) is 17.5 Å². The number of hydrogen-bond donors (Lipinski definition) is 2. The molecule has 0 saturated carbocycles. The molecule has 0 unspecified atom stereocenters. The van der Waals surface area contributed by atoms with Crippen molar-refractivity contribution >= 4 is 16.7 Å². The Morgan fingerprint density at radius 3 is 1.93 bits per heavy atom. The average molecular weight is 614 g/mol. The van der Waals surface area contributed by atoms with Gasteiger partial charge in [0.2, 0.25) is 0 Å². The first-order valence-electron chi connectivity index (χ1n) is 14.0. The number of halogens is 3. The van der Waals surface area contributed by atoms with Crippen LogP contribution in [0.1, 0.15) is 22.7 Å². The fraction of sp³-hybridized carbons (Fsp3) is 0.171. The van der Waals surface area contributed by atoms with Crippen LogP contribution in [0.4, 0.5) is 13.2 Å². The molecule has 1 aromatic heterocycles. The SMILES string of the molecule is COc1ccc2c(=O)n(CCNCC(c3ccccc3)c3ccccc3)c(C#N)c(-c3ccccc3)c2c1.O=C(O)C(F)(F)F. The molecule has 5 rings (SSSR count). The average Bonchev–Trinajstić information content (AvgIpc) is 3.06. The first-order valence-corrected chi connectivity index (χ1v) is 14.0. The zero-order valence-corrected chi connectivity index (χ0v) is 24.3. The van der Waals surface area contributed by atoms with Gasteiger partial charge in [0.05, 0.1) is 7.11 Å². The Morgan fingerprint density at radius 2 is 1.44 bits per heavy atom. The number of carbonyl (C=O) groups is 1. The molecule has 230 valence electrons. The maximum Gasteiger partial charge on any atom is 0.490 e. The molecule has 0 aliphatic heterocycles. The Morgan fingerprint density at radius 1 is 0.911 bits per heavy atom. The highest BCUT2D eigenvalue weighted by atomic mass is 19.4. The quantitative estimate of drug-likeness (QED) is 0.182. The highest BCUT2D eigenvalue weighted by Gasteiger charge is 2.38. The molecule has 0 radical (unpaired) electrons. The molecule has 4 aromatic carbocycles. The third-order valence-electron chi connectivity index (χ3n) is 7.15. The lowest BCUT2D eigenvalue weighted by Crippen LogP contribution is -2.31. The van der Waals surface area contributed by atoms with Crippen LogP contribution in [-0.2, 0) is 11.3 Å². The number of carboxylic acid groups (broad SMARTS) is 1. The minimum absolute atomic E-state index is 0.175. The zero-order valence-electron chi connectivity index (χ0n) is 24.3. The minimum atomic E-state index is -5.08. The second-order valence-electron chi connectivity index (χ2n) is 9.95. The number of nitrogens with zero attached hydrogens (tertiary/aromatic N) is 2. The summed E-state index contributed by atoms with van der Waals surface area (Å²) in [5.41, 5.74) is 4.26. The van der Waals surface area contributed by atoms with Crippen molar-refractivity contribution in [2.24, 2.45) is 0 Å². The van der Waals surface area contributed by atoms with Crippen LogP contribution in [0.25, 0.3) is 21.9 Å². The Kier molecular flexibility index (Phi) is 10.7. The van der Waals surface area contributed by atoms with E-state index >= 15 is 0 Å². The summed E-state index contributed by atoms with van der Waals surface area (Å²) in [4.78, 5) is 22.5. The fourth-order valence-corrected chi connectivity index (χ4v) is 5.02. The van der Waals surface area contributed by atoms with E-state index in [1.807, 2.05) is 48.5 Å². The number of nitrogens with one attached hydrogen (secondary N) is 1. The second-order valence-corrected chi connectivity index (χ2v) is 9.95. The van der Waals surface area contributed by atoms with E-state index in [4.69, 9.17) is 14.6 Å². The summed E-state index contributed by atoms with van der Waals surface area (Å²) in [5.74, 6) is -1.94. The molecule has 0 aliphatic rings. The summed E-state index contributed by atoms with van der Waals surface area (Å²) in [6.07, 6.45) is -5.08. The number of alkyl halides is 3. The number of benzene rings is 4. The Balaban J connectivity index is 0.000000591. The number of aliphatic carboxylic acids is 1. The van der Waals surface area contributed by atoms with Crippen molar-refractivity contribution in [2.75, 3.05) is 20.2 Å². The van der Waals surface area contributed by atoms with Crippen LogP contribution in [0.15, 0.2) is 114 Å². The Labute approximate surface area is 257 Å². The number of carboxylic acids is 1. The molecule has 5 aromatic rings. The van der Waals surface area contributed by atoms with Crippen molar-refractivity contribution in [3.63, 3.8) is 0 Å². The van der Waals surface area contributed by atoms with E-state index in [-0.39, 0.29) is 11.5 Å². The Bertz CT molecular complexity index is 1800. The number of rotatable bonds is 9. The van der Waals surface area contributed by atoms with Gasteiger partial charge in [-0.1, -0.05) is 91.0 Å². The molecule has 0 fully saturated rings. The largest absolute Gasteiger partial charge is 0.497 e. The molecular formula is C35H30F3N3O4. The standard InChI is InChI=1S/C33H29N3O2.C2HF3O2/c1-38-27-17-18-28-29(21-27)32(26-15-9-4-10-16-26)31(22-34)36(33(28)37)20-19-35-23-30(24-11-5-2-6-12-24)25-13-7-3-8-14-25;3-2(4,5)1(6)7/h2-18,21,30,35H,19-20,23H2,1H3;(H,6,7). The van der Waals surface area contributed by atoms with E-state index < -0.39 is 12.1 Å². The molecule has 45 heavy (non-hydrogen) atoms. The van der Waals surface area contributed by atoms with Gasteiger partial charge in [-0.15, -0.1) is 0 Å². The first-order chi connectivity index (χ1) is 21.7. The van der Waals surface area contributed by atoms with Crippen molar-refractivity contribution < 1.29 is 27.8 Å². The smallest absolute Gasteiger partial charge is 0.490 e. The molecular weight excluding hydrogens is 583 g/mol. The molecule has 1 heterocycles. The van der Waals surface area contributed by atoms with Gasteiger partial charge in [0.25, 0.3) is 5.56 Å². The molecule has 0 atom stereocenters. The van der Waals surface area contributed by atoms with E-state index in [9.17, 15) is 23.2 Å². The van der Waals surface area contributed by atoms with Gasteiger partial charge in [0.15, 0.2) is 0 Å². The van der Waals surface area contributed by atoms with Gasteiger partial charge in [-0.05, 0) is 34.9 Å². The summed E-state index contributed by atoms with van der Waals surface area (Å²) in [6, 6.07) is 38.3. The maximum atomic E-state index is 13.6. The minimum Gasteiger partial charge on any atom is -0.497 e. The van der Waals surface area contributed by atoms with Crippen molar-refractivity contribution in [3.8, 4) is 22.9 Å². The topological polar surface area (TPSA) is 104 Å². The second kappa shape index (κ2) is 14.9. The van der Waals surface area contributed by atoms with Crippen LogP contribution >= 0.6 is 0 Å². The number of nitriles is 1. The maximum absolute atomic E-state index is 13.6.